The van der Waals surface area contributed by atoms with Crippen molar-refractivity contribution >= 4 is 11.9 Å². The van der Waals surface area contributed by atoms with Gasteiger partial charge < -0.3 is 4.31 Å². The van der Waals surface area contributed by atoms with Gasteiger partial charge >= 0.3 is 0 Å². The summed E-state index contributed by atoms with van der Waals surface area (Å²) < 4.78 is 2.30. The Bertz CT molecular complexity index is 566. The van der Waals surface area contributed by atoms with E-state index in [1.165, 1.54) is 11.1 Å². The van der Waals surface area contributed by atoms with Crippen molar-refractivity contribution in [3.63, 3.8) is 0 Å². The Morgan fingerprint density at radius 2 is 2.00 bits per heavy atom. The number of hydrogen-bond acceptors (Lipinski definition) is 3. The van der Waals surface area contributed by atoms with Crippen LogP contribution in [0.25, 0.3) is 11.3 Å². The Labute approximate surface area is 118 Å². The quantitative estimate of drug-likeness (QED) is 0.776. The van der Waals surface area contributed by atoms with Crippen LogP contribution in [0.1, 0.15) is 12.0 Å². The van der Waals surface area contributed by atoms with Crippen molar-refractivity contribution in [2.24, 2.45) is 0 Å². The maximum Gasteiger partial charge on any atom is 0.0705 e. The van der Waals surface area contributed by atoms with E-state index in [9.17, 15) is 0 Å². The molecule has 0 spiro atoms. The van der Waals surface area contributed by atoms with E-state index in [4.69, 9.17) is 0 Å². The van der Waals surface area contributed by atoms with Gasteiger partial charge in [-0.1, -0.05) is 36.4 Å². The van der Waals surface area contributed by atoms with E-state index in [0.717, 1.165) is 24.4 Å². The second kappa shape index (κ2) is 5.93. The monoisotopic (exact) mass is 268 g/mol. The molecule has 19 heavy (non-hydrogen) atoms. The molecule has 1 aromatic carbocycles. The van der Waals surface area contributed by atoms with Crippen LogP contribution in [0.2, 0.25) is 0 Å². The molecule has 3 rings (SSSR count). The van der Waals surface area contributed by atoms with Crippen LogP contribution in [0.3, 0.4) is 0 Å². The zero-order valence-corrected chi connectivity index (χ0v) is 11.5. The van der Waals surface area contributed by atoms with E-state index in [1.54, 1.807) is 0 Å². The molecule has 2 nitrogen and oxygen atoms in total. The van der Waals surface area contributed by atoms with Gasteiger partial charge in [0.15, 0.2) is 0 Å². The van der Waals surface area contributed by atoms with Gasteiger partial charge in [-0.2, -0.15) is 0 Å². The molecule has 0 atom stereocenters. The smallest absolute Gasteiger partial charge is 0.0705 e. The molecule has 0 N–H and O–H groups in total. The van der Waals surface area contributed by atoms with Crippen LogP contribution >= 0.6 is 11.9 Å². The zero-order valence-electron chi connectivity index (χ0n) is 10.7. The summed E-state index contributed by atoms with van der Waals surface area (Å²) in [5.41, 5.74) is 3.63. The Balaban J connectivity index is 1.79. The third kappa shape index (κ3) is 2.99. The van der Waals surface area contributed by atoms with Crippen LogP contribution in [-0.2, 0) is 5.75 Å². The standard InChI is InChI=1S/C16H16N2S/c1-2-8-15(16-9-3-4-10-17-16)14(7-1)13-19-18-11-5-6-12-18/h1-5,7-11H,6,12-13H2. The van der Waals surface area contributed by atoms with E-state index in [1.807, 2.05) is 30.3 Å². The first-order valence-electron chi connectivity index (χ1n) is 6.49. The molecule has 2 aromatic rings. The molecule has 1 aromatic heterocycles. The minimum atomic E-state index is 0.983. The van der Waals surface area contributed by atoms with Crippen LogP contribution in [-0.4, -0.2) is 15.8 Å². The first-order chi connectivity index (χ1) is 9.43. The number of benzene rings is 1. The molecular formula is C16H16N2S. The summed E-state index contributed by atoms with van der Waals surface area (Å²) in [4.78, 5) is 4.45. The van der Waals surface area contributed by atoms with Gasteiger partial charge in [0.1, 0.15) is 0 Å². The van der Waals surface area contributed by atoms with E-state index in [0.29, 0.717) is 0 Å². The highest BCUT2D eigenvalue weighted by molar-refractivity contribution is 7.96. The van der Waals surface area contributed by atoms with Crippen molar-refractivity contribution in [2.45, 2.75) is 12.2 Å². The first-order valence-corrected chi connectivity index (χ1v) is 7.43. The molecule has 2 heterocycles. The lowest BCUT2D eigenvalue weighted by atomic mass is 10.1. The Morgan fingerprint density at radius 3 is 2.79 bits per heavy atom. The molecule has 0 radical (unpaired) electrons. The normalized spacial score (nSPS) is 14.0. The molecular weight excluding hydrogens is 252 g/mol. The third-order valence-electron chi connectivity index (χ3n) is 3.13. The maximum atomic E-state index is 4.45. The molecule has 0 unspecified atom stereocenters. The number of nitrogens with zero attached hydrogens (tertiary/aromatic N) is 2. The van der Waals surface area contributed by atoms with Gasteiger partial charge in [0.25, 0.3) is 0 Å². The molecule has 1 aliphatic rings. The summed E-state index contributed by atoms with van der Waals surface area (Å²) in [6.45, 7) is 1.12. The lowest BCUT2D eigenvalue weighted by molar-refractivity contribution is 0.670. The number of aromatic nitrogens is 1. The highest BCUT2D eigenvalue weighted by Gasteiger charge is 2.09. The van der Waals surface area contributed by atoms with Gasteiger partial charge in [-0.25, -0.2) is 0 Å². The Kier molecular flexibility index (Phi) is 3.84. The van der Waals surface area contributed by atoms with Crippen molar-refractivity contribution in [3.8, 4) is 11.3 Å². The lowest BCUT2D eigenvalue weighted by Crippen LogP contribution is -2.04. The predicted octanol–water partition coefficient (Wildman–Crippen LogP) is 4.12. The largest absolute Gasteiger partial charge is 0.323 e. The second-order valence-corrected chi connectivity index (χ2v) is 5.48. The van der Waals surface area contributed by atoms with Crippen molar-refractivity contribution in [1.82, 2.24) is 9.29 Å². The molecule has 0 bridgehead atoms. The molecule has 96 valence electrons. The molecule has 0 amide bonds. The van der Waals surface area contributed by atoms with E-state index in [2.05, 4.69) is 51.9 Å². The fourth-order valence-corrected chi connectivity index (χ4v) is 3.11. The summed E-state index contributed by atoms with van der Waals surface area (Å²) in [5.74, 6) is 0.983. The third-order valence-corrected chi connectivity index (χ3v) is 4.21. The van der Waals surface area contributed by atoms with Gasteiger partial charge in [0.2, 0.25) is 0 Å². The van der Waals surface area contributed by atoms with Crippen molar-refractivity contribution in [2.75, 3.05) is 6.54 Å². The average Bonchev–Trinajstić information content (AvgIpc) is 3.00. The van der Waals surface area contributed by atoms with Gasteiger partial charge in [-0.15, -0.1) is 0 Å². The molecule has 0 saturated heterocycles. The minimum Gasteiger partial charge on any atom is -0.323 e. The second-order valence-electron chi connectivity index (χ2n) is 4.46. The molecule has 0 saturated carbocycles. The molecule has 0 aliphatic carbocycles. The summed E-state index contributed by atoms with van der Waals surface area (Å²) in [6, 6.07) is 14.6. The Hall–Kier alpha value is -1.74. The predicted molar refractivity (Wildman–Crippen MR) is 81.4 cm³/mol. The van der Waals surface area contributed by atoms with E-state index in [-0.39, 0.29) is 0 Å². The minimum absolute atomic E-state index is 0.983. The molecule has 1 aliphatic heterocycles. The topological polar surface area (TPSA) is 16.1 Å². The summed E-state index contributed by atoms with van der Waals surface area (Å²) >= 11 is 1.86. The lowest BCUT2D eigenvalue weighted by Gasteiger charge is -2.15. The zero-order chi connectivity index (χ0) is 12.9. The highest BCUT2D eigenvalue weighted by atomic mass is 32.2. The van der Waals surface area contributed by atoms with Crippen molar-refractivity contribution in [3.05, 3.63) is 66.5 Å². The average molecular weight is 268 g/mol. The maximum absolute atomic E-state index is 4.45. The van der Waals surface area contributed by atoms with Crippen LogP contribution in [0.15, 0.2) is 60.9 Å². The van der Waals surface area contributed by atoms with Crippen LogP contribution in [0, 0.1) is 0 Å². The van der Waals surface area contributed by atoms with E-state index >= 15 is 0 Å². The number of hydrogen-bond donors (Lipinski definition) is 0. The summed E-state index contributed by atoms with van der Waals surface area (Å²) in [6.07, 6.45) is 7.41. The number of pyridine rings is 1. The van der Waals surface area contributed by atoms with Crippen LogP contribution in [0.4, 0.5) is 0 Å². The van der Waals surface area contributed by atoms with Gasteiger partial charge in [0.05, 0.1) is 5.69 Å². The summed E-state index contributed by atoms with van der Waals surface area (Å²) in [5, 5.41) is 0. The first kappa shape index (κ1) is 12.3. The fourth-order valence-electron chi connectivity index (χ4n) is 2.15. The highest BCUT2D eigenvalue weighted by Crippen LogP contribution is 2.27. The van der Waals surface area contributed by atoms with Crippen LogP contribution in [0.5, 0.6) is 0 Å². The fraction of sp³-hybridized carbons (Fsp3) is 0.188. The number of rotatable bonds is 4. The van der Waals surface area contributed by atoms with Crippen molar-refractivity contribution < 1.29 is 0 Å². The summed E-state index contributed by atoms with van der Waals surface area (Å²) in [7, 11) is 0. The van der Waals surface area contributed by atoms with Crippen molar-refractivity contribution in [1.29, 1.82) is 0 Å². The molecule has 0 fully saturated rings. The van der Waals surface area contributed by atoms with Gasteiger partial charge in [0, 0.05) is 30.3 Å². The molecule has 3 heteroatoms. The van der Waals surface area contributed by atoms with Crippen LogP contribution < -0.4 is 0 Å². The van der Waals surface area contributed by atoms with Gasteiger partial charge in [-0.3, -0.25) is 4.98 Å². The Morgan fingerprint density at radius 1 is 1.11 bits per heavy atom. The van der Waals surface area contributed by atoms with E-state index < -0.39 is 0 Å². The SMILES string of the molecule is C1=CN(SCc2ccccc2-c2ccccn2)CC1. The van der Waals surface area contributed by atoms with Gasteiger partial charge in [-0.05, 0) is 36.1 Å².